The lowest BCUT2D eigenvalue weighted by Crippen LogP contribution is -2.45. The summed E-state index contributed by atoms with van der Waals surface area (Å²) in [6, 6.07) is 10.2. The van der Waals surface area contributed by atoms with E-state index in [1.165, 1.54) is 6.07 Å². The van der Waals surface area contributed by atoms with Crippen LogP contribution in [-0.2, 0) is 0 Å². The number of carbonyl (C=O) groups is 2. The lowest BCUT2D eigenvalue weighted by Gasteiger charge is -2.20. The molecule has 33 heavy (non-hydrogen) atoms. The van der Waals surface area contributed by atoms with Gasteiger partial charge >= 0.3 is 0 Å². The van der Waals surface area contributed by atoms with Crippen LogP contribution in [0.1, 0.15) is 45.4 Å². The molecule has 1 aliphatic heterocycles. The minimum atomic E-state index is -0.964. The highest BCUT2D eigenvalue weighted by molar-refractivity contribution is 7.18. The maximum atomic E-state index is 14.0. The first-order valence-electron chi connectivity index (χ1n) is 10.5. The second-order valence-corrected chi connectivity index (χ2v) is 8.83. The summed E-state index contributed by atoms with van der Waals surface area (Å²) in [4.78, 5) is 29.1. The summed E-state index contributed by atoms with van der Waals surface area (Å²) < 4.78 is 27.9. The van der Waals surface area contributed by atoms with Gasteiger partial charge in [0.05, 0.1) is 5.56 Å². The molecule has 0 saturated carbocycles. The van der Waals surface area contributed by atoms with Gasteiger partial charge in [-0.25, -0.2) is 13.8 Å². The van der Waals surface area contributed by atoms with Crippen molar-refractivity contribution in [3.63, 3.8) is 0 Å². The summed E-state index contributed by atoms with van der Waals surface area (Å²) in [7, 11) is 0. The zero-order valence-corrected chi connectivity index (χ0v) is 18.6. The van der Waals surface area contributed by atoms with Crippen molar-refractivity contribution in [2.24, 2.45) is 0 Å². The monoisotopic (exact) mass is 471 g/mol. The molecule has 1 amide bonds. The van der Waals surface area contributed by atoms with E-state index in [2.05, 4.69) is 20.9 Å². The van der Waals surface area contributed by atoms with Crippen molar-refractivity contribution in [3.05, 3.63) is 70.1 Å². The van der Waals surface area contributed by atoms with E-state index in [9.17, 15) is 18.4 Å². The van der Waals surface area contributed by atoms with Gasteiger partial charge in [0, 0.05) is 23.3 Å². The minimum Gasteiger partial charge on any atom is -0.382 e. The second kappa shape index (κ2) is 9.63. The second-order valence-electron chi connectivity index (χ2n) is 7.83. The van der Waals surface area contributed by atoms with Gasteiger partial charge in [0.15, 0.2) is 5.13 Å². The van der Waals surface area contributed by atoms with E-state index in [0.717, 1.165) is 42.9 Å². The fourth-order valence-corrected chi connectivity index (χ4v) is 4.58. The number of hydrogen-bond donors (Lipinski definition) is 4. The number of thiazole rings is 1. The van der Waals surface area contributed by atoms with Crippen LogP contribution in [0.15, 0.2) is 42.5 Å². The van der Waals surface area contributed by atoms with Crippen molar-refractivity contribution in [1.82, 2.24) is 15.6 Å². The first kappa shape index (κ1) is 22.8. The van der Waals surface area contributed by atoms with Gasteiger partial charge in [-0.1, -0.05) is 17.4 Å². The summed E-state index contributed by atoms with van der Waals surface area (Å²) >= 11 is 0.891. The third kappa shape index (κ3) is 5.01. The normalized spacial score (nSPS) is 16.4. The van der Waals surface area contributed by atoms with Crippen LogP contribution in [0.2, 0.25) is 0 Å². The Hall–Kier alpha value is -3.37. The van der Waals surface area contributed by atoms with E-state index in [-0.39, 0.29) is 33.8 Å². The van der Waals surface area contributed by atoms with Gasteiger partial charge in [-0.2, -0.15) is 0 Å². The minimum absolute atomic E-state index is 0.0198. The number of carbonyl (C=O) groups excluding carboxylic acids is 2. The Morgan fingerprint density at radius 2 is 1.88 bits per heavy atom. The van der Waals surface area contributed by atoms with Gasteiger partial charge in [0.25, 0.3) is 5.91 Å². The average Bonchev–Trinajstić information content (AvgIpc) is 3.44. The van der Waals surface area contributed by atoms with E-state index in [1.54, 1.807) is 24.3 Å². The van der Waals surface area contributed by atoms with E-state index in [4.69, 9.17) is 5.73 Å². The topological polar surface area (TPSA) is 109 Å². The van der Waals surface area contributed by atoms with Crippen molar-refractivity contribution >= 4 is 39.7 Å². The third-order valence-corrected chi connectivity index (χ3v) is 6.49. The molecule has 2 heterocycles. The number of halogens is 2. The zero-order valence-electron chi connectivity index (χ0n) is 17.8. The van der Waals surface area contributed by atoms with Crippen molar-refractivity contribution < 1.29 is 18.4 Å². The SMILES string of the molecule is CC(NC(=O)c1ccc(Nc2nc(N)c(C(=O)c3c(F)cccc3F)s2)cc1)[C@@H]1CCCN1. The Balaban J connectivity index is 1.43. The molecule has 0 aliphatic carbocycles. The van der Waals surface area contributed by atoms with E-state index >= 15 is 0 Å². The molecule has 1 aromatic heterocycles. The van der Waals surface area contributed by atoms with Gasteiger partial charge < -0.3 is 21.7 Å². The molecule has 1 saturated heterocycles. The predicted octanol–water partition coefficient (Wildman–Crippen LogP) is 3.85. The fourth-order valence-electron chi connectivity index (χ4n) is 3.73. The number of nitrogens with two attached hydrogens (primary N) is 1. The highest BCUT2D eigenvalue weighted by atomic mass is 32.1. The number of anilines is 3. The summed E-state index contributed by atoms with van der Waals surface area (Å²) in [6.07, 6.45) is 2.14. The molecule has 0 radical (unpaired) electrons. The number of nitrogens with one attached hydrogen (secondary N) is 3. The molecule has 172 valence electrons. The molecule has 0 bridgehead atoms. The molecule has 0 spiro atoms. The number of rotatable bonds is 7. The van der Waals surface area contributed by atoms with E-state index in [0.29, 0.717) is 11.3 Å². The van der Waals surface area contributed by atoms with Crippen LogP contribution in [0.25, 0.3) is 0 Å². The Morgan fingerprint density at radius 3 is 2.52 bits per heavy atom. The molecule has 1 unspecified atom stereocenters. The molecule has 10 heteroatoms. The lowest BCUT2D eigenvalue weighted by molar-refractivity contribution is 0.0932. The standard InChI is InChI=1S/C23H23F2N5O2S/c1-12(17-6-3-11-27-17)28-22(32)13-7-9-14(10-8-13)29-23-30-21(26)20(33-23)19(31)18-15(24)4-2-5-16(18)25/h2,4-5,7-10,12,17,27H,3,6,11,26H2,1H3,(H,28,32)(H,29,30)/t12?,17-/m0/s1. The average molecular weight is 472 g/mol. The number of nitrogens with zero attached hydrogens (tertiary/aromatic N) is 1. The molecule has 1 aliphatic rings. The van der Waals surface area contributed by atoms with Gasteiger partial charge in [0.1, 0.15) is 22.3 Å². The highest BCUT2D eigenvalue weighted by Gasteiger charge is 2.25. The molecule has 5 N–H and O–H groups in total. The Kier molecular flexibility index (Phi) is 6.66. The maximum absolute atomic E-state index is 14.0. The van der Waals surface area contributed by atoms with Crippen LogP contribution < -0.4 is 21.7 Å². The summed E-state index contributed by atoms with van der Waals surface area (Å²) in [6.45, 7) is 2.95. The number of amides is 1. The molecule has 7 nitrogen and oxygen atoms in total. The zero-order chi connectivity index (χ0) is 23.5. The Bertz CT molecular complexity index is 1160. The quantitative estimate of drug-likeness (QED) is 0.390. The van der Waals surface area contributed by atoms with Crippen molar-refractivity contribution in [2.75, 3.05) is 17.6 Å². The van der Waals surface area contributed by atoms with Crippen molar-refractivity contribution in [1.29, 1.82) is 0 Å². The number of aromatic nitrogens is 1. The van der Waals surface area contributed by atoms with Crippen LogP contribution in [0, 0.1) is 11.6 Å². The number of benzene rings is 2. The van der Waals surface area contributed by atoms with Crippen molar-refractivity contribution in [2.45, 2.75) is 31.8 Å². The molecular formula is C23H23F2N5O2S. The molecule has 2 aromatic carbocycles. The third-order valence-electron chi connectivity index (χ3n) is 5.51. The summed E-state index contributed by atoms with van der Waals surface area (Å²) in [5, 5.41) is 9.66. The van der Waals surface area contributed by atoms with Crippen LogP contribution >= 0.6 is 11.3 Å². The van der Waals surface area contributed by atoms with Gasteiger partial charge in [-0.05, 0) is 62.7 Å². The smallest absolute Gasteiger partial charge is 0.251 e. The Labute approximate surface area is 193 Å². The van der Waals surface area contributed by atoms with Gasteiger partial charge in [-0.3, -0.25) is 9.59 Å². The highest BCUT2D eigenvalue weighted by Crippen LogP contribution is 2.31. The number of hydrogen-bond acceptors (Lipinski definition) is 7. The first-order chi connectivity index (χ1) is 15.8. The predicted molar refractivity (Wildman–Crippen MR) is 124 cm³/mol. The van der Waals surface area contributed by atoms with Crippen LogP contribution in [0.3, 0.4) is 0 Å². The van der Waals surface area contributed by atoms with E-state index in [1.807, 2.05) is 6.92 Å². The molecule has 1 fully saturated rings. The van der Waals surface area contributed by atoms with Crippen LogP contribution in [0.5, 0.6) is 0 Å². The first-order valence-corrected chi connectivity index (χ1v) is 11.3. The largest absolute Gasteiger partial charge is 0.382 e. The van der Waals surface area contributed by atoms with Gasteiger partial charge in [0.2, 0.25) is 5.78 Å². The number of ketones is 1. The molecule has 4 rings (SSSR count). The number of nitrogen functional groups attached to an aromatic ring is 1. The van der Waals surface area contributed by atoms with Crippen LogP contribution in [-0.4, -0.2) is 35.3 Å². The maximum Gasteiger partial charge on any atom is 0.251 e. The molecule has 3 aromatic rings. The lowest BCUT2D eigenvalue weighted by atomic mass is 10.1. The summed E-state index contributed by atoms with van der Waals surface area (Å²) in [5.74, 6) is -3.09. The Morgan fingerprint density at radius 1 is 1.18 bits per heavy atom. The molecular weight excluding hydrogens is 448 g/mol. The van der Waals surface area contributed by atoms with E-state index < -0.39 is 23.0 Å². The summed E-state index contributed by atoms with van der Waals surface area (Å²) in [5.41, 5.74) is 6.28. The van der Waals surface area contributed by atoms with Gasteiger partial charge in [-0.15, -0.1) is 0 Å². The van der Waals surface area contributed by atoms with Crippen molar-refractivity contribution in [3.8, 4) is 0 Å². The van der Waals surface area contributed by atoms with Crippen LogP contribution in [0.4, 0.5) is 25.4 Å². The fraction of sp³-hybridized carbons (Fsp3) is 0.261. The molecule has 2 atom stereocenters.